The van der Waals surface area contributed by atoms with Gasteiger partial charge in [0.2, 0.25) is 5.82 Å². The number of anilines is 2. The van der Waals surface area contributed by atoms with E-state index in [2.05, 4.69) is 59.7 Å². The number of nitrogens with zero attached hydrogens (tertiary/aromatic N) is 9. The second-order valence-electron chi connectivity index (χ2n) is 10.6. The molecule has 0 unspecified atom stereocenters. The number of nitriles is 1. The van der Waals surface area contributed by atoms with Gasteiger partial charge < -0.3 is 15.4 Å². The Hall–Kier alpha value is -5.18. The molecule has 4 aromatic heterocycles. The zero-order chi connectivity index (χ0) is 29.2. The molecule has 0 amide bonds. The summed E-state index contributed by atoms with van der Waals surface area (Å²) in [6.45, 7) is 5.62. The summed E-state index contributed by atoms with van der Waals surface area (Å²) in [6.07, 6.45) is 6.26. The molecular formula is C32H30N10O. The van der Waals surface area contributed by atoms with Crippen molar-refractivity contribution in [3.8, 4) is 23.1 Å². The number of rotatable bonds is 6. The fourth-order valence-corrected chi connectivity index (χ4v) is 5.65. The highest BCUT2D eigenvalue weighted by atomic mass is 16.5. The Bertz CT molecular complexity index is 1850. The van der Waals surface area contributed by atoms with Crippen molar-refractivity contribution in [2.75, 3.05) is 50.0 Å². The Kier molecular flexibility index (Phi) is 7.20. The summed E-state index contributed by atoms with van der Waals surface area (Å²) < 4.78 is 7.59. The van der Waals surface area contributed by atoms with E-state index in [0.717, 1.165) is 73.1 Å². The molecule has 5 aromatic rings. The maximum atomic E-state index is 9.13. The first-order valence-electron chi connectivity index (χ1n) is 14.3. The predicted molar refractivity (Wildman–Crippen MR) is 164 cm³/mol. The Balaban J connectivity index is 1.16. The lowest BCUT2D eigenvalue weighted by molar-refractivity contribution is 0.161. The molecule has 2 N–H and O–H groups in total. The van der Waals surface area contributed by atoms with Crippen LogP contribution in [0, 0.1) is 11.3 Å². The van der Waals surface area contributed by atoms with Crippen LogP contribution in [-0.4, -0.2) is 73.8 Å². The SMILES string of the molecule is N#Cc1nccc(N2CCN(Cc3ccc(-n4c(-c5cccnc5N)nc5ccc(C6=CCOCC6)nc54)cc3)CC2)n1. The molecule has 0 saturated carbocycles. The van der Waals surface area contributed by atoms with Crippen LogP contribution in [0.1, 0.15) is 23.5 Å². The molecule has 214 valence electrons. The summed E-state index contributed by atoms with van der Waals surface area (Å²) in [6, 6.07) is 20.3. The monoisotopic (exact) mass is 570 g/mol. The number of fused-ring (bicyclic) bond motifs is 1. The van der Waals surface area contributed by atoms with E-state index in [-0.39, 0.29) is 5.82 Å². The molecule has 7 rings (SSSR count). The molecular weight excluding hydrogens is 540 g/mol. The highest BCUT2D eigenvalue weighted by Crippen LogP contribution is 2.32. The third kappa shape index (κ3) is 5.41. The number of imidazole rings is 1. The van der Waals surface area contributed by atoms with Gasteiger partial charge in [-0.05, 0) is 60.0 Å². The molecule has 11 heteroatoms. The molecule has 1 saturated heterocycles. The number of aromatic nitrogens is 6. The van der Waals surface area contributed by atoms with Crippen molar-refractivity contribution in [2.24, 2.45) is 0 Å². The van der Waals surface area contributed by atoms with E-state index >= 15 is 0 Å². The lowest BCUT2D eigenvalue weighted by Gasteiger charge is -2.35. The Morgan fingerprint density at radius 2 is 1.77 bits per heavy atom. The molecule has 1 fully saturated rings. The second kappa shape index (κ2) is 11.6. The third-order valence-electron chi connectivity index (χ3n) is 7.91. The van der Waals surface area contributed by atoms with Crippen LogP contribution in [0.25, 0.3) is 33.8 Å². The molecule has 2 aliphatic heterocycles. The summed E-state index contributed by atoms with van der Waals surface area (Å²) in [5.41, 5.74) is 12.9. The number of ether oxygens (including phenoxy) is 1. The van der Waals surface area contributed by atoms with E-state index in [0.29, 0.717) is 24.9 Å². The van der Waals surface area contributed by atoms with Crippen LogP contribution in [0.4, 0.5) is 11.6 Å². The van der Waals surface area contributed by atoms with Crippen LogP contribution in [0.3, 0.4) is 0 Å². The van der Waals surface area contributed by atoms with Gasteiger partial charge in [-0.3, -0.25) is 9.47 Å². The van der Waals surface area contributed by atoms with Gasteiger partial charge in [-0.2, -0.15) is 5.26 Å². The Morgan fingerprint density at radius 3 is 2.53 bits per heavy atom. The summed E-state index contributed by atoms with van der Waals surface area (Å²) in [7, 11) is 0. The van der Waals surface area contributed by atoms with Crippen molar-refractivity contribution in [2.45, 2.75) is 13.0 Å². The second-order valence-corrected chi connectivity index (χ2v) is 10.6. The number of piperazine rings is 1. The lowest BCUT2D eigenvalue weighted by atomic mass is 10.1. The van der Waals surface area contributed by atoms with Crippen LogP contribution in [0.15, 0.2) is 73.1 Å². The first-order valence-corrected chi connectivity index (χ1v) is 14.3. The molecule has 0 radical (unpaired) electrons. The average Bonchev–Trinajstić information content (AvgIpc) is 3.44. The van der Waals surface area contributed by atoms with Crippen LogP contribution >= 0.6 is 0 Å². The molecule has 43 heavy (non-hydrogen) atoms. The minimum Gasteiger partial charge on any atom is -0.383 e. The average molecular weight is 571 g/mol. The van der Waals surface area contributed by atoms with E-state index in [1.54, 1.807) is 12.4 Å². The fourth-order valence-electron chi connectivity index (χ4n) is 5.65. The third-order valence-corrected chi connectivity index (χ3v) is 7.91. The number of hydrogen-bond acceptors (Lipinski definition) is 10. The highest BCUT2D eigenvalue weighted by Gasteiger charge is 2.21. The van der Waals surface area contributed by atoms with E-state index in [1.165, 1.54) is 11.1 Å². The van der Waals surface area contributed by atoms with Gasteiger partial charge in [-0.25, -0.2) is 24.9 Å². The van der Waals surface area contributed by atoms with Gasteiger partial charge in [-0.1, -0.05) is 18.2 Å². The Morgan fingerprint density at radius 1 is 0.907 bits per heavy atom. The van der Waals surface area contributed by atoms with Gasteiger partial charge in [0.25, 0.3) is 0 Å². The summed E-state index contributed by atoms with van der Waals surface area (Å²) in [5.74, 6) is 2.14. The minimum absolute atomic E-state index is 0.201. The van der Waals surface area contributed by atoms with Crippen molar-refractivity contribution in [3.05, 3.63) is 90.1 Å². The number of benzene rings is 1. The summed E-state index contributed by atoms with van der Waals surface area (Å²) >= 11 is 0. The standard InChI is InChI=1S/C32H30N10O/c33-20-28-35-13-9-29(39-28)41-16-14-40(15-17-41)21-22-3-5-24(6-4-22)42-31(25-2-1-12-36-30(25)34)38-27-8-7-26(37-32(27)42)23-10-18-43-19-11-23/h1-10,12-13H,11,14-19,21H2,(H2,34,36). The zero-order valence-electron chi connectivity index (χ0n) is 23.6. The van der Waals surface area contributed by atoms with E-state index < -0.39 is 0 Å². The van der Waals surface area contributed by atoms with Gasteiger partial charge in [-0.15, -0.1) is 0 Å². The van der Waals surface area contributed by atoms with Crippen molar-refractivity contribution < 1.29 is 4.74 Å². The van der Waals surface area contributed by atoms with E-state index in [1.807, 2.05) is 36.4 Å². The van der Waals surface area contributed by atoms with Crippen LogP contribution in [0.5, 0.6) is 0 Å². The number of nitrogen functional groups attached to an aromatic ring is 1. The van der Waals surface area contributed by atoms with Gasteiger partial charge in [0, 0.05) is 50.8 Å². The van der Waals surface area contributed by atoms with E-state index in [9.17, 15) is 0 Å². The Labute approximate surface area is 248 Å². The van der Waals surface area contributed by atoms with Gasteiger partial charge in [0.05, 0.1) is 24.5 Å². The minimum atomic E-state index is 0.201. The van der Waals surface area contributed by atoms with Gasteiger partial charge in [0.15, 0.2) is 11.5 Å². The van der Waals surface area contributed by atoms with Crippen molar-refractivity contribution in [1.29, 1.82) is 5.26 Å². The zero-order valence-corrected chi connectivity index (χ0v) is 23.6. The number of nitrogens with two attached hydrogens (primary N) is 1. The van der Waals surface area contributed by atoms with Crippen molar-refractivity contribution in [1.82, 2.24) is 34.4 Å². The van der Waals surface area contributed by atoms with Crippen LogP contribution < -0.4 is 10.6 Å². The lowest BCUT2D eigenvalue weighted by Crippen LogP contribution is -2.46. The summed E-state index contributed by atoms with van der Waals surface area (Å²) in [5, 5.41) is 9.13. The number of hydrogen-bond donors (Lipinski definition) is 1. The largest absolute Gasteiger partial charge is 0.383 e. The van der Waals surface area contributed by atoms with Crippen molar-refractivity contribution in [3.63, 3.8) is 0 Å². The topological polar surface area (TPSA) is 135 Å². The van der Waals surface area contributed by atoms with Crippen LogP contribution in [0.2, 0.25) is 0 Å². The molecule has 2 aliphatic rings. The smallest absolute Gasteiger partial charge is 0.234 e. The maximum absolute atomic E-state index is 9.13. The predicted octanol–water partition coefficient (Wildman–Crippen LogP) is 3.85. The van der Waals surface area contributed by atoms with Gasteiger partial charge >= 0.3 is 0 Å². The molecule has 0 atom stereocenters. The van der Waals surface area contributed by atoms with E-state index in [4.69, 9.17) is 25.7 Å². The first kappa shape index (κ1) is 26.7. The molecule has 0 spiro atoms. The van der Waals surface area contributed by atoms with Crippen LogP contribution in [-0.2, 0) is 11.3 Å². The molecule has 0 bridgehead atoms. The fraction of sp³-hybridized carbons (Fsp3) is 0.250. The van der Waals surface area contributed by atoms with Gasteiger partial charge in [0.1, 0.15) is 23.2 Å². The normalized spacial score (nSPS) is 15.8. The molecule has 0 aliphatic carbocycles. The molecule has 6 heterocycles. The highest BCUT2D eigenvalue weighted by molar-refractivity contribution is 5.84. The summed E-state index contributed by atoms with van der Waals surface area (Å²) in [4.78, 5) is 27.3. The van der Waals surface area contributed by atoms with Crippen molar-refractivity contribution >= 4 is 28.4 Å². The molecule has 11 nitrogen and oxygen atoms in total. The maximum Gasteiger partial charge on any atom is 0.234 e. The number of pyridine rings is 2. The molecule has 1 aromatic carbocycles. The first-order chi connectivity index (χ1) is 21.2. The quantitative estimate of drug-likeness (QED) is 0.321.